The van der Waals surface area contributed by atoms with Gasteiger partial charge in [0.05, 0.1) is 22.4 Å². The molecule has 0 aliphatic carbocycles. The van der Waals surface area contributed by atoms with Crippen molar-refractivity contribution in [2.24, 2.45) is 5.73 Å². The van der Waals surface area contributed by atoms with Crippen LogP contribution in [0.2, 0.25) is 0 Å². The second-order valence-corrected chi connectivity index (χ2v) is 4.09. The number of methoxy groups -OCH3 is 1. The van der Waals surface area contributed by atoms with E-state index in [-0.39, 0.29) is 24.3 Å². The van der Waals surface area contributed by atoms with Crippen LogP contribution in [0.4, 0.5) is 5.69 Å². The minimum absolute atomic E-state index is 0.0384. The molecule has 1 unspecified atom stereocenters. The smallest absolute Gasteiger partial charge is 0.121 e. The zero-order valence-corrected chi connectivity index (χ0v) is 10.3. The predicted molar refractivity (Wildman–Crippen MR) is 79.7 cm³/mol. The van der Waals surface area contributed by atoms with Gasteiger partial charge < -0.3 is 15.8 Å². The van der Waals surface area contributed by atoms with E-state index >= 15 is 0 Å². The number of anilines is 1. The summed E-state index contributed by atoms with van der Waals surface area (Å²) in [7, 11) is -2.66. The Morgan fingerprint density at radius 3 is 3.32 bits per heavy atom. The van der Waals surface area contributed by atoms with Crippen LogP contribution in [0.1, 0.15) is 30.7 Å². The second-order valence-electron chi connectivity index (χ2n) is 4.09. The maximum absolute atomic E-state index is 7.72. The molecule has 0 amide bonds. The van der Waals surface area contributed by atoms with Crippen LogP contribution in [0.3, 0.4) is 0 Å². The molecule has 1 aromatic heterocycles. The highest BCUT2D eigenvalue weighted by atomic mass is 16.5. The van der Waals surface area contributed by atoms with E-state index < -0.39 is 26.4 Å². The Balaban J connectivity index is 2.41. The lowest BCUT2D eigenvalue weighted by molar-refractivity contribution is 0.415. The van der Waals surface area contributed by atoms with Gasteiger partial charge in [-0.25, -0.2) is 0 Å². The predicted octanol–water partition coefficient (Wildman–Crippen LogP) is 2.78. The van der Waals surface area contributed by atoms with Gasteiger partial charge in [-0.3, -0.25) is 4.98 Å². The fourth-order valence-corrected chi connectivity index (χ4v) is 1.82. The molecular weight excluding hydrogens is 238 g/mol. The maximum Gasteiger partial charge on any atom is 0.121 e. The summed E-state index contributed by atoms with van der Waals surface area (Å²) in [6, 6.07) is 5.13. The molecule has 1 heterocycles. The molecule has 0 aliphatic heterocycles. The summed E-state index contributed by atoms with van der Waals surface area (Å²) in [5.41, 5.74) is 6.06. The Bertz CT molecular complexity index is 785. The standard InChI is InChI=1S/C15H21N3O/c1-11(5-3-7-16)18-14-10-13(19-2)9-12-6-4-8-17-15(12)14/h4,6,8-11,18H,3,5,7,16H2,1-2H3/i1D3,2D3,7D2. The Morgan fingerprint density at radius 1 is 1.58 bits per heavy atom. The van der Waals surface area contributed by atoms with Gasteiger partial charge in [0.15, 0.2) is 0 Å². The number of hydrogen-bond acceptors (Lipinski definition) is 4. The summed E-state index contributed by atoms with van der Waals surface area (Å²) in [4.78, 5) is 4.22. The number of aromatic nitrogens is 1. The third kappa shape index (κ3) is 3.35. The zero-order chi connectivity index (χ0) is 20.5. The van der Waals surface area contributed by atoms with Gasteiger partial charge in [0.1, 0.15) is 5.75 Å². The Kier molecular flexibility index (Phi) is 2.21. The summed E-state index contributed by atoms with van der Waals surface area (Å²) in [6.45, 7) is -4.44. The van der Waals surface area contributed by atoms with Gasteiger partial charge in [-0.15, -0.1) is 0 Å². The lowest BCUT2D eigenvalue weighted by Gasteiger charge is -2.17. The van der Waals surface area contributed by atoms with E-state index in [0.717, 1.165) is 0 Å². The zero-order valence-electron chi connectivity index (χ0n) is 18.3. The number of fused-ring (bicyclic) bond motifs is 1. The van der Waals surface area contributed by atoms with Gasteiger partial charge in [0.25, 0.3) is 0 Å². The Morgan fingerprint density at radius 2 is 2.53 bits per heavy atom. The van der Waals surface area contributed by atoms with E-state index in [2.05, 4.69) is 10.3 Å². The van der Waals surface area contributed by atoms with Gasteiger partial charge in [-0.2, -0.15) is 0 Å². The molecule has 3 N–H and O–H groups in total. The third-order valence-corrected chi connectivity index (χ3v) is 2.70. The van der Waals surface area contributed by atoms with Crippen LogP contribution < -0.4 is 15.8 Å². The first kappa shape index (κ1) is 6.57. The molecule has 19 heavy (non-hydrogen) atoms. The molecule has 0 bridgehead atoms. The normalized spacial score (nSPS) is 20.7. The fraction of sp³-hybridized carbons (Fsp3) is 0.400. The third-order valence-electron chi connectivity index (χ3n) is 2.70. The molecule has 0 aliphatic rings. The lowest BCUT2D eigenvalue weighted by Crippen LogP contribution is -2.17. The van der Waals surface area contributed by atoms with Crippen molar-refractivity contribution in [1.82, 2.24) is 4.98 Å². The number of pyridine rings is 1. The minimum atomic E-state index is -2.66. The highest BCUT2D eigenvalue weighted by Gasteiger charge is 2.08. The van der Waals surface area contributed by atoms with Gasteiger partial charge in [-0.05, 0) is 38.3 Å². The fourth-order valence-electron chi connectivity index (χ4n) is 1.82. The van der Waals surface area contributed by atoms with Crippen molar-refractivity contribution < 1.29 is 15.7 Å². The number of nitrogens with two attached hydrogens (primary N) is 1. The van der Waals surface area contributed by atoms with Crippen molar-refractivity contribution >= 4 is 16.6 Å². The van der Waals surface area contributed by atoms with E-state index in [9.17, 15) is 0 Å². The number of hydrogen-bond donors (Lipinski definition) is 2. The number of rotatable bonds is 6. The Labute approximate surface area is 125 Å². The SMILES string of the molecule is [2H]C([2H])(N)CCC(Nc1cc(OC([2H])([2H])[2H])cc2cccnc12)C([2H])([2H])[2H]. The first-order chi connectivity index (χ1) is 12.2. The summed E-state index contributed by atoms with van der Waals surface area (Å²) in [5.74, 6) is 0.0384. The summed E-state index contributed by atoms with van der Waals surface area (Å²) >= 11 is 0. The van der Waals surface area contributed by atoms with Crippen LogP contribution in [0.15, 0.2) is 30.5 Å². The molecule has 0 spiro atoms. The average molecular weight is 267 g/mol. The highest BCUT2D eigenvalue weighted by molar-refractivity contribution is 5.91. The van der Waals surface area contributed by atoms with Crippen molar-refractivity contribution in [2.45, 2.75) is 25.7 Å². The molecule has 0 saturated carbocycles. The van der Waals surface area contributed by atoms with E-state index in [1.54, 1.807) is 12.1 Å². The topological polar surface area (TPSA) is 60.2 Å². The first-order valence-corrected chi connectivity index (χ1v) is 5.88. The van der Waals surface area contributed by atoms with Crippen LogP contribution in [-0.2, 0) is 0 Å². The quantitative estimate of drug-likeness (QED) is 0.845. The van der Waals surface area contributed by atoms with Crippen molar-refractivity contribution in [1.29, 1.82) is 0 Å². The Hall–Kier alpha value is -1.81. The van der Waals surface area contributed by atoms with Crippen LogP contribution in [-0.4, -0.2) is 24.6 Å². The van der Waals surface area contributed by atoms with Gasteiger partial charge in [-0.1, -0.05) is 6.07 Å². The van der Waals surface area contributed by atoms with Crippen LogP contribution in [0, 0.1) is 0 Å². The van der Waals surface area contributed by atoms with E-state index in [0.29, 0.717) is 10.9 Å². The van der Waals surface area contributed by atoms with Crippen molar-refractivity contribution in [2.75, 3.05) is 18.9 Å². The van der Waals surface area contributed by atoms with Crippen LogP contribution >= 0.6 is 0 Å². The molecule has 0 radical (unpaired) electrons. The van der Waals surface area contributed by atoms with E-state index in [1.807, 2.05) is 0 Å². The monoisotopic (exact) mass is 267 g/mol. The summed E-state index contributed by atoms with van der Waals surface area (Å²) in [6.07, 6.45) is 1.30. The largest absolute Gasteiger partial charge is 0.497 e. The minimum Gasteiger partial charge on any atom is -0.497 e. The number of benzene rings is 1. The van der Waals surface area contributed by atoms with Crippen molar-refractivity contribution in [3.05, 3.63) is 30.5 Å². The van der Waals surface area contributed by atoms with E-state index in [1.165, 1.54) is 18.3 Å². The second kappa shape index (κ2) is 6.38. The average Bonchev–Trinajstić information content (AvgIpc) is 2.47. The molecule has 0 saturated heterocycles. The molecule has 1 aromatic carbocycles. The maximum atomic E-state index is 7.72. The number of nitrogens with zero attached hydrogens (tertiary/aromatic N) is 1. The first-order valence-electron chi connectivity index (χ1n) is 9.88. The number of nitrogens with one attached hydrogen (secondary N) is 1. The molecule has 102 valence electrons. The molecule has 2 rings (SSSR count). The van der Waals surface area contributed by atoms with Gasteiger partial charge in [0.2, 0.25) is 0 Å². The number of ether oxygens (including phenoxy) is 1. The van der Waals surface area contributed by atoms with Crippen LogP contribution in [0.5, 0.6) is 5.75 Å². The molecule has 4 nitrogen and oxygen atoms in total. The molecule has 2 aromatic rings. The van der Waals surface area contributed by atoms with Crippen LogP contribution in [0.25, 0.3) is 10.9 Å². The summed E-state index contributed by atoms with van der Waals surface area (Å²) < 4.78 is 64.7. The van der Waals surface area contributed by atoms with Gasteiger partial charge in [0, 0.05) is 30.5 Å². The molecular formula is C15H21N3O. The van der Waals surface area contributed by atoms with Crippen molar-refractivity contribution in [3.8, 4) is 5.75 Å². The molecule has 4 heteroatoms. The highest BCUT2D eigenvalue weighted by Crippen LogP contribution is 2.28. The van der Waals surface area contributed by atoms with Crippen molar-refractivity contribution in [3.63, 3.8) is 0 Å². The molecule has 0 fully saturated rings. The summed E-state index contributed by atoms with van der Waals surface area (Å²) in [5, 5.41) is 3.42. The van der Waals surface area contributed by atoms with Gasteiger partial charge >= 0.3 is 0 Å². The lowest BCUT2D eigenvalue weighted by atomic mass is 10.1. The molecule has 1 atom stereocenters. The van der Waals surface area contributed by atoms with E-state index in [4.69, 9.17) is 21.4 Å².